The third-order valence-electron chi connectivity index (χ3n) is 3.74. The van der Waals surface area contributed by atoms with Crippen LogP contribution in [0, 0.1) is 0 Å². The van der Waals surface area contributed by atoms with Crippen molar-refractivity contribution in [3.63, 3.8) is 0 Å². The van der Waals surface area contributed by atoms with Gasteiger partial charge in [0, 0.05) is 24.1 Å². The maximum Gasteiger partial charge on any atom is 0.307 e. The molecule has 0 radical (unpaired) electrons. The van der Waals surface area contributed by atoms with Gasteiger partial charge >= 0.3 is 5.97 Å². The van der Waals surface area contributed by atoms with Gasteiger partial charge in [0.2, 0.25) is 0 Å². The molecular formula is C17H25NO3. The first-order chi connectivity index (χ1) is 9.72. The van der Waals surface area contributed by atoms with Gasteiger partial charge in [-0.2, -0.15) is 0 Å². The maximum atomic E-state index is 11.4. The van der Waals surface area contributed by atoms with Gasteiger partial charge in [0.05, 0.1) is 13.5 Å². The molecule has 1 aliphatic rings. The summed E-state index contributed by atoms with van der Waals surface area (Å²) >= 11 is 0. The third-order valence-corrected chi connectivity index (χ3v) is 3.74. The number of rotatable bonds is 5. The maximum absolute atomic E-state index is 11.4. The van der Waals surface area contributed by atoms with E-state index in [1.54, 1.807) is 0 Å². The summed E-state index contributed by atoms with van der Waals surface area (Å²) < 4.78 is 10.8. The standard InChI is InChI=1S/C17H25NO3/c1-16(2,10-14(19)20-5)18-11-13-8-6-7-12-9-17(3,4)21-15(12)13/h6-8,18H,9-11H2,1-5H3. The fourth-order valence-electron chi connectivity index (χ4n) is 2.65. The molecule has 0 saturated heterocycles. The number of hydrogen-bond donors (Lipinski definition) is 1. The number of para-hydroxylation sites is 1. The van der Waals surface area contributed by atoms with Crippen molar-refractivity contribution in [2.24, 2.45) is 0 Å². The predicted molar refractivity (Wildman–Crippen MR) is 82.4 cm³/mol. The minimum absolute atomic E-state index is 0.139. The average molecular weight is 291 g/mol. The second-order valence-electron chi connectivity index (χ2n) is 6.93. The van der Waals surface area contributed by atoms with Crippen LogP contribution in [0.1, 0.15) is 45.2 Å². The Morgan fingerprint density at radius 3 is 2.81 bits per heavy atom. The van der Waals surface area contributed by atoms with E-state index in [0.29, 0.717) is 13.0 Å². The molecule has 2 rings (SSSR count). The molecule has 1 N–H and O–H groups in total. The third kappa shape index (κ3) is 3.97. The van der Waals surface area contributed by atoms with Gasteiger partial charge < -0.3 is 14.8 Å². The summed E-state index contributed by atoms with van der Waals surface area (Å²) in [5.74, 6) is 0.784. The molecule has 0 unspecified atom stereocenters. The van der Waals surface area contributed by atoms with E-state index in [2.05, 4.69) is 37.4 Å². The molecule has 1 heterocycles. The number of ether oxygens (including phenoxy) is 2. The van der Waals surface area contributed by atoms with E-state index < -0.39 is 0 Å². The van der Waals surface area contributed by atoms with Crippen LogP contribution in [0.2, 0.25) is 0 Å². The Kier molecular flexibility index (Phi) is 4.28. The zero-order valence-electron chi connectivity index (χ0n) is 13.6. The first kappa shape index (κ1) is 15.8. The van der Waals surface area contributed by atoms with Crippen LogP contribution in [0.25, 0.3) is 0 Å². The molecule has 0 atom stereocenters. The van der Waals surface area contributed by atoms with E-state index in [9.17, 15) is 4.79 Å². The highest BCUT2D eigenvalue weighted by Crippen LogP contribution is 2.37. The Morgan fingerprint density at radius 1 is 1.43 bits per heavy atom. The molecule has 0 aromatic heterocycles. The molecule has 4 nitrogen and oxygen atoms in total. The zero-order chi connectivity index (χ0) is 15.7. The molecule has 0 bridgehead atoms. The lowest BCUT2D eigenvalue weighted by Gasteiger charge is -2.26. The van der Waals surface area contributed by atoms with E-state index in [1.165, 1.54) is 12.7 Å². The van der Waals surface area contributed by atoms with Gasteiger partial charge in [-0.1, -0.05) is 18.2 Å². The average Bonchev–Trinajstić information content (AvgIpc) is 2.70. The molecule has 4 heteroatoms. The van der Waals surface area contributed by atoms with Gasteiger partial charge in [0.15, 0.2) is 0 Å². The largest absolute Gasteiger partial charge is 0.487 e. The number of nitrogens with one attached hydrogen (secondary N) is 1. The van der Waals surface area contributed by atoms with Gasteiger partial charge in [-0.05, 0) is 33.3 Å². The molecule has 1 aromatic carbocycles. The van der Waals surface area contributed by atoms with Crippen LogP contribution in [-0.2, 0) is 22.5 Å². The summed E-state index contributed by atoms with van der Waals surface area (Å²) in [6.45, 7) is 8.87. The van der Waals surface area contributed by atoms with Crippen LogP contribution in [0.5, 0.6) is 5.75 Å². The number of methoxy groups -OCH3 is 1. The lowest BCUT2D eigenvalue weighted by atomic mass is 9.98. The number of fused-ring (bicyclic) bond motifs is 1. The normalized spacial score (nSPS) is 16.2. The Labute approximate surface area is 126 Å². The van der Waals surface area contributed by atoms with Crippen LogP contribution < -0.4 is 10.1 Å². The number of carbonyl (C=O) groups excluding carboxylic acids is 1. The summed E-state index contributed by atoms with van der Waals surface area (Å²) in [5.41, 5.74) is 1.94. The van der Waals surface area contributed by atoms with Crippen molar-refractivity contribution in [1.29, 1.82) is 0 Å². The van der Waals surface area contributed by atoms with Gasteiger partial charge in [-0.15, -0.1) is 0 Å². The molecular weight excluding hydrogens is 266 g/mol. The number of esters is 1. The van der Waals surface area contributed by atoms with Gasteiger partial charge in [-0.3, -0.25) is 4.79 Å². The number of benzene rings is 1. The molecule has 21 heavy (non-hydrogen) atoms. The highest BCUT2D eigenvalue weighted by molar-refractivity contribution is 5.70. The Balaban J connectivity index is 2.06. The fraction of sp³-hybridized carbons (Fsp3) is 0.588. The van der Waals surface area contributed by atoms with Crippen molar-refractivity contribution >= 4 is 5.97 Å². The lowest BCUT2D eigenvalue weighted by Crippen LogP contribution is -2.41. The van der Waals surface area contributed by atoms with Gasteiger partial charge in [-0.25, -0.2) is 0 Å². The molecule has 0 aliphatic carbocycles. The second kappa shape index (κ2) is 5.68. The fourth-order valence-corrected chi connectivity index (χ4v) is 2.65. The van der Waals surface area contributed by atoms with Crippen molar-refractivity contribution in [3.8, 4) is 5.75 Å². The molecule has 116 valence electrons. The number of carbonyl (C=O) groups is 1. The van der Waals surface area contributed by atoms with Crippen molar-refractivity contribution < 1.29 is 14.3 Å². The topological polar surface area (TPSA) is 47.6 Å². The second-order valence-corrected chi connectivity index (χ2v) is 6.93. The highest BCUT2D eigenvalue weighted by atomic mass is 16.5. The van der Waals surface area contributed by atoms with E-state index >= 15 is 0 Å². The van der Waals surface area contributed by atoms with E-state index in [4.69, 9.17) is 9.47 Å². The van der Waals surface area contributed by atoms with Crippen molar-refractivity contribution in [1.82, 2.24) is 5.32 Å². The van der Waals surface area contributed by atoms with Crippen molar-refractivity contribution in [2.45, 2.75) is 58.2 Å². The first-order valence-corrected chi connectivity index (χ1v) is 7.34. The zero-order valence-corrected chi connectivity index (χ0v) is 13.6. The van der Waals surface area contributed by atoms with Crippen LogP contribution in [0.15, 0.2) is 18.2 Å². The minimum atomic E-state index is -0.316. The molecule has 0 saturated carbocycles. The summed E-state index contributed by atoms with van der Waals surface area (Å²) in [5, 5.41) is 3.42. The van der Waals surface area contributed by atoms with E-state index in [0.717, 1.165) is 17.7 Å². The van der Waals surface area contributed by atoms with Crippen LogP contribution >= 0.6 is 0 Å². The monoisotopic (exact) mass is 291 g/mol. The Morgan fingerprint density at radius 2 is 2.14 bits per heavy atom. The smallest absolute Gasteiger partial charge is 0.307 e. The van der Waals surface area contributed by atoms with Crippen molar-refractivity contribution in [3.05, 3.63) is 29.3 Å². The predicted octanol–water partition coefficient (Wildman–Crippen LogP) is 2.83. The summed E-state index contributed by atoms with van der Waals surface area (Å²) in [7, 11) is 1.42. The molecule has 0 spiro atoms. The molecule has 0 fully saturated rings. The first-order valence-electron chi connectivity index (χ1n) is 7.34. The van der Waals surface area contributed by atoms with Crippen LogP contribution in [0.3, 0.4) is 0 Å². The highest BCUT2D eigenvalue weighted by Gasteiger charge is 2.32. The number of hydrogen-bond acceptors (Lipinski definition) is 4. The molecule has 0 amide bonds. The lowest BCUT2D eigenvalue weighted by molar-refractivity contribution is -0.142. The summed E-state index contributed by atoms with van der Waals surface area (Å²) in [4.78, 5) is 11.4. The molecule has 1 aliphatic heterocycles. The minimum Gasteiger partial charge on any atom is -0.487 e. The Bertz CT molecular complexity index is 535. The Hall–Kier alpha value is -1.55. The van der Waals surface area contributed by atoms with Crippen molar-refractivity contribution in [2.75, 3.05) is 7.11 Å². The SMILES string of the molecule is COC(=O)CC(C)(C)NCc1cccc2c1OC(C)(C)C2. The van der Waals surface area contributed by atoms with Gasteiger partial charge in [0.1, 0.15) is 11.4 Å². The quantitative estimate of drug-likeness (QED) is 0.847. The van der Waals surface area contributed by atoms with Crippen LogP contribution in [-0.4, -0.2) is 24.2 Å². The van der Waals surface area contributed by atoms with E-state index in [-0.39, 0.29) is 17.1 Å². The summed E-state index contributed by atoms with van der Waals surface area (Å²) in [6, 6.07) is 6.25. The van der Waals surface area contributed by atoms with E-state index in [1.807, 2.05) is 13.8 Å². The summed E-state index contributed by atoms with van der Waals surface area (Å²) in [6.07, 6.45) is 1.27. The van der Waals surface area contributed by atoms with Gasteiger partial charge in [0.25, 0.3) is 0 Å². The molecule has 1 aromatic rings. The van der Waals surface area contributed by atoms with Crippen LogP contribution in [0.4, 0.5) is 0 Å².